The standard InChI is InChI=1S/C23H23BFN4O5/c1-4-19(30)27-21(31)20(24)29-12-16-15(22(29)32)6-5-7-18(16)26-11-13-10-14(8-9-17(13)25)34-23(33)28(2)3/h5-10,26H,4,11-12H2,1-3H3,(H,27,30,31). The molecule has 3 rings (SSSR count). The molecule has 2 aromatic carbocycles. The first-order chi connectivity index (χ1) is 16.1. The third kappa shape index (κ3) is 5.30. The summed E-state index contributed by atoms with van der Waals surface area (Å²) in [6, 6.07) is 8.90. The van der Waals surface area contributed by atoms with Crippen molar-refractivity contribution in [3.05, 3.63) is 58.9 Å². The van der Waals surface area contributed by atoms with Gasteiger partial charge in [-0.25, -0.2) is 4.79 Å². The van der Waals surface area contributed by atoms with Crippen LogP contribution in [-0.2, 0) is 22.7 Å². The molecule has 0 unspecified atom stereocenters. The summed E-state index contributed by atoms with van der Waals surface area (Å²) in [5.74, 6) is -2.17. The fourth-order valence-electron chi connectivity index (χ4n) is 3.23. The fraction of sp³-hybridized carbons (Fsp3) is 0.261. The van der Waals surface area contributed by atoms with Crippen LogP contribution in [0, 0.1) is 5.82 Å². The van der Waals surface area contributed by atoms with E-state index in [1.807, 2.05) is 0 Å². The van der Waals surface area contributed by atoms with Gasteiger partial charge in [0.05, 0.1) is 0 Å². The molecule has 1 radical (unpaired) electrons. The number of nitrogens with one attached hydrogen (secondary N) is 2. The van der Waals surface area contributed by atoms with Gasteiger partial charge in [0, 0.05) is 14.1 Å². The Bertz CT molecular complexity index is 1180. The average molecular weight is 465 g/mol. The Morgan fingerprint density at radius 1 is 1.21 bits per heavy atom. The molecule has 4 amide bonds. The molecule has 9 nitrogen and oxygen atoms in total. The van der Waals surface area contributed by atoms with Crippen LogP contribution in [0.4, 0.5) is 14.9 Å². The topological polar surface area (TPSA) is 108 Å². The molecule has 2 N–H and O–H groups in total. The van der Waals surface area contributed by atoms with Crippen LogP contribution in [0.3, 0.4) is 0 Å². The van der Waals surface area contributed by atoms with E-state index < -0.39 is 35.2 Å². The van der Waals surface area contributed by atoms with Crippen molar-refractivity contribution in [2.45, 2.75) is 26.4 Å². The molecule has 0 bridgehead atoms. The van der Waals surface area contributed by atoms with E-state index in [4.69, 9.17) is 12.2 Å². The molecule has 0 fully saturated rings. The second kappa shape index (κ2) is 10.3. The minimum absolute atomic E-state index is 0.000121. The Hall–Kier alpha value is -4.02. The zero-order chi connectivity index (χ0) is 25.0. The molecule has 0 saturated carbocycles. The Kier molecular flexibility index (Phi) is 7.45. The summed E-state index contributed by atoms with van der Waals surface area (Å²) in [6.07, 6.45) is -0.503. The van der Waals surface area contributed by atoms with Crippen molar-refractivity contribution in [2.75, 3.05) is 19.4 Å². The Morgan fingerprint density at radius 3 is 2.62 bits per heavy atom. The van der Waals surface area contributed by atoms with Gasteiger partial charge in [0.2, 0.25) is 0 Å². The normalized spacial score (nSPS) is 12.1. The van der Waals surface area contributed by atoms with E-state index in [1.54, 1.807) is 25.1 Å². The Morgan fingerprint density at radius 2 is 1.94 bits per heavy atom. The number of amides is 4. The zero-order valence-corrected chi connectivity index (χ0v) is 19.0. The molecule has 0 atom stereocenters. The summed E-state index contributed by atoms with van der Waals surface area (Å²) in [7, 11) is 8.91. The summed E-state index contributed by atoms with van der Waals surface area (Å²) in [6.45, 7) is 1.62. The van der Waals surface area contributed by atoms with Crippen LogP contribution >= 0.6 is 0 Å². The number of hydrogen-bond acceptors (Lipinski definition) is 6. The number of benzene rings is 2. The van der Waals surface area contributed by atoms with Gasteiger partial charge in [-0.3, -0.25) is 0 Å². The fourth-order valence-corrected chi connectivity index (χ4v) is 3.23. The molecular formula is C23H23BFN4O5. The summed E-state index contributed by atoms with van der Waals surface area (Å²) in [4.78, 5) is 50.6. The summed E-state index contributed by atoms with van der Waals surface area (Å²) >= 11 is 0. The van der Waals surface area contributed by atoms with E-state index in [1.165, 1.54) is 37.2 Å². The van der Waals surface area contributed by atoms with Gasteiger partial charge in [0.15, 0.2) is 0 Å². The van der Waals surface area contributed by atoms with Crippen LogP contribution in [0.15, 0.2) is 36.4 Å². The molecule has 11 heteroatoms. The van der Waals surface area contributed by atoms with Crippen LogP contribution in [0.5, 0.6) is 5.75 Å². The van der Waals surface area contributed by atoms with Gasteiger partial charge in [0.1, 0.15) is 0 Å². The maximum absolute atomic E-state index is 14.3. The van der Waals surface area contributed by atoms with Crippen molar-refractivity contribution in [1.29, 1.82) is 0 Å². The van der Waals surface area contributed by atoms with Crippen LogP contribution in [0.2, 0.25) is 0 Å². The van der Waals surface area contributed by atoms with Crippen LogP contribution in [0.1, 0.15) is 34.8 Å². The first-order valence-electron chi connectivity index (χ1n) is 10.4. The molecule has 0 saturated heterocycles. The number of nitrogens with zero attached hydrogens (tertiary/aromatic N) is 2. The molecule has 1 aliphatic heterocycles. The van der Waals surface area contributed by atoms with Crippen LogP contribution in [0.25, 0.3) is 0 Å². The molecule has 1 heterocycles. The quantitative estimate of drug-likeness (QED) is 0.604. The molecule has 0 spiro atoms. The second-order valence-electron chi connectivity index (χ2n) is 7.71. The second-order valence-corrected chi connectivity index (χ2v) is 7.71. The predicted octanol–water partition coefficient (Wildman–Crippen LogP) is 1.81. The summed E-state index contributed by atoms with van der Waals surface area (Å²) in [5, 5.41) is 5.20. The monoisotopic (exact) mass is 465 g/mol. The number of imide groups is 1. The van der Waals surface area contributed by atoms with Gasteiger partial charge in [-0.05, 0) is 0 Å². The van der Waals surface area contributed by atoms with E-state index in [0.717, 1.165) is 4.90 Å². The molecule has 34 heavy (non-hydrogen) atoms. The van der Waals surface area contributed by atoms with Crippen molar-refractivity contribution < 1.29 is 28.3 Å². The first kappa shape index (κ1) is 24.6. The molecule has 2 aromatic rings. The Labute approximate surface area is 196 Å². The Balaban J connectivity index is 1.75. The number of rotatable bonds is 7. The van der Waals surface area contributed by atoms with E-state index in [-0.39, 0.29) is 30.8 Å². The molecular weight excluding hydrogens is 442 g/mol. The number of hydrogen-bond donors (Lipinski definition) is 2. The number of carbonyl (C=O) groups is 4. The first-order valence-corrected chi connectivity index (χ1v) is 10.4. The van der Waals surface area contributed by atoms with Gasteiger partial charge in [-0.15, -0.1) is 0 Å². The third-order valence-electron chi connectivity index (χ3n) is 5.12. The number of ether oxygens (including phenoxy) is 1. The van der Waals surface area contributed by atoms with Crippen molar-refractivity contribution in [3.63, 3.8) is 0 Å². The van der Waals surface area contributed by atoms with E-state index >= 15 is 0 Å². The molecule has 175 valence electrons. The minimum atomic E-state index is -0.853. The van der Waals surface area contributed by atoms with Crippen molar-refractivity contribution in [1.82, 2.24) is 15.1 Å². The molecule has 1 aliphatic rings. The number of anilines is 1. The van der Waals surface area contributed by atoms with Crippen molar-refractivity contribution >= 4 is 42.6 Å². The predicted molar refractivity (Wildman–Crippen MR) is 124 cm³/mol. The third-order valence-corrected chi connectivity index (χ3v) is 5.12. The summed E-state index contributed by atoms with van der Waals surface area (Å²) < 4.78 is 19.5. The molecule has 0 aliphatic carbocycles. The summed E-state index contributed by atoms with van der Waals surface area (Å²) in [5.41, 5.74) is 1.29. The van der Waals surface area contributed by atoms with E-state index in [0.29, 0.717) is 16.8 Å². The maximum atomic E-state index is 14.3. The van der Waals surface area contributed by atoms with E-state index in [2.05, 4.69) is 10.6 Å². The number of halogens is 1. The number of fused-ring (bicyclic) bond motifs is 1. The van der Waals surface area contributed by atoms with E-state index in [9.17, 15) is 23.6 Å². The van der Waals surface area contributed by atoms with Crippen molar-refractivity contribution in [2.24, 2.45) is 0 Å². The van der Waals surface area contributed by atoms with Crippen LogP contribution < -0.4 is 15.4 Å². The van der Waals surface area contributed by atoms with Gasteiger partial charge in [0.25, 0.3) is 0 Å². The van der Waals surface area contributed by atoms with Crippen LogP contribution in [-0.4, -0.2) is 60.8 Å². The molecule has 0 aromatic heterocycles. The van der Waals surface area contributed by atoms with Gasteiger partial charge < -0.3 is 4.90 Å². The van der Waals surface area contributed by atoms with Gasteiger partial charge in [-0.2, -0.15) is 0 Å². The zero-order valence-electron chi connectivity index (χ0n) is 19.0. The van der Waals surface area contributed by atoms with Crippen molar-refractivity contribution in [3.8, 4) is 5.75 Å². The van der Waals surface area contributed by atoms with Gasteiger partial charge >= 0.3 is 173 Å². The van der Waals surface area contributed by atoms with Gasteiger partial charge in [-0.1, -0.05) is 0 Å². The average Bonchev–Trinajstić information content (AvgIpc) is 3.15. The SMILES string of the molecule is [B]=C(C(=O)NC(=O)CC)N1Cc2c(NCc3cc(OC(=O)N(C)C)ccc3F)cccc2C1=O. The number of carbonyl (C=O) groups excluding carboxylic acids is 4.